The number of aromatic nitrogens is 1. The summed E-state index contributed by atoms with van der Waals surface area (Å²) in [6, 6.07) is -0.956. The van der Waals surface area contributed by atoms with Crippen LogP contribution in [0.2, 0.25) is 0 Å². The number of urea groups is 1. The van der Waals surface area contributed by atoms with Gasteiger partial charge in [-0.05, 0) is 13.8 Å². The van der Waals surface area contributed by atoms with Crippen LogP contribution in [0.1, 0.15) is 24.6 Å². The number of ether oxygens (including phenoxy) is 1. The quantitative estimate of drug-likeness (QED) is 0.767. The molecule has 8 nitrogen and oxygen atoms in total. The molecule has 2 amide bonds. The Balaban J connectivity index is 2.62. The van der Waals surface area contributed by atoms with Crippen molar-refractivity contribution in [1.82, 2.24) is 15.2 Å². The Kier molecular flexibility index (Phi) is 5.98. The van der Waals surface area contributed by atoms with Gasteiger partial charge in [0, 0.05) is 13.7 Å². The fourth-order valence-corrected chi connectivity index (χ4v) is 1.53. The summed E-state index contributed by atoms with van der Waals surface area (Å²) in [5.41, 5.74) is 0. The second kappa shape index (κ2) is 7.49. The van der Waals surface area contributed by atoms with Gasteiger partial charge in [0.25, 0.3) is 0 Å². The van der Waals surface area contributed by atoms with Crippen LogP contribution in [0, 0.1) is 6.92 Å². The zero-order chi connectivity index (χ0) is 15.1. The highest BCUT2D eigenvalue weighted by atomic mass is 16.5. The Labute approximate surface area is 116 Å². The largest absolute Gasteiger partial charge is 0.480 e. The van der Waals surface area contributed by atoms with Gasteiger partial charge in [-0.25, -0.2) is 9.78 Å². The van der Waals surface area contributed by atoms with Crippen molar-refractivity contribution in [3.05, 3.63) is 17.8 Å². The highest BCUT2D eigenvalue weighted by molar-refractivity contribution is 5.80. The first kappa shape index (κ1) is 16.0. The topological polar surface area (TPSA) is 105 Å². The maximum absolute atomic E-state index is 12.0. The van der Waals surface area contributed by atoms with Crippen LogP contribution in [0.15, 0.2) is 10.6 Å². The number of nitrogens with zero attached hydrogens (tertiary/aromatic N) is 2. The summed E-state index contributed by atoms with van der Waals surface area (Å²) < 4.78 is 10.2. The molecule has 0 spiro atoms. The third-order valence-electron chi connectivity index (χ3n) is 2.53. The van der Waals surface area contributed by atoms with Gasteiger partial charge in [-0.1, -0.05) is 0 Å². The monoisotopic (exact) mass is 285 g/mol. The molecule has 0 aromatic carbocycles. The number of rotatable bonds is 7. The van der Waals surface area contributed by atoms with E-state index in [1.54, 1.807) is 20.0 Å². The van der Waals surface area contributed by atoms with Crippen LogP contribution in [0.4, 0.5) is 4.79 Å². The third-order valence-corrected chi connectivity index (χ3v) is 2.53. The van der Waals surface area contributed by atoms with E-state index < -0.39 is 24.6 Å². The molecule has 1 aromatic heterocycles. The van der Waals surface area contributed by atoms with E-state index in [-0.39, 0.29) is 13.2 Å². The summed E-state index contributed by atoms with van der Waals surface area (Å²) in [5, 5.41) is 11.4. The van der Waals surface area contributed by atoms with E-state index >= 15 is 0 Å². The molecule has 112 valence electrons. The lowest BCUT2D eigenvalue weighted by Crippen LogP contribution is -2.45. The van der Waals surface area contributed by atoms with Gasteiger partial charge in [0.2, 0.25) is 5.89 Å². The fraction of sp³-hybridized carbons (Fsp3) is 0.583. The standard InChI is InChI=1S/C12H19N3O5/c1-8-6-13-11(20-8)9(2)14-12(18)15(4-5-19-3)7-10(16)17/h6,9H,4-5,7H2,1-3H3,(H,14,18)(H,16,17). The zero-order valence-corrected chi connectivity index (χ0v) is 11.8. The van der Waals surface area contributed by atoms with Crippen molar-refractivity contribution in [2.24, 2.45) is 0 Å². The summed E-state index contributed by atoms with van der Waals surface area (Å²) in [6.45, 7) is 3.50. The molecule has 0 saturated heterocycles. The molecule has 0 fully saturated rings. The molecule has 20 heavy (non-hydrogen) atoms. The average molecular weight is 285 g/mol. The number of nitrogens with one attached hydrogen (secondary N) is 1. The van der Waals surface area contributed by atoms with Crippen molar-refractivity contribution in [1.29, 1.82) is 0 Å². The Morgan fingerprint density at radius 3 is 2.80 bits per heavy atom. The van der Waals surface area contributed by atoms with Gasteiger partial charge in [-0.2, -0.15) is 0 Å². The molecule has 0 radical (unpaired) electrons. The first-order valence-electron chi connectivity index (χ1n) is 6.12. The fourth-order valence-electron chi connectivity index (χ4n) is 1.53. The van der Waals surface area contributed by atoms with Crippen LogP contribution >= 0.6 is 0 Å². The van der Waals surface area contributed by atoms with Crippen LogP contribution in [0.5, 0.6) is 0 Å². The highest BCUT2D eigenvalue weighted by Crippen LogP contribution is 2.12. The lowest BCUT2D eigenvalue weighted by atomic mass is 10.3. The normalized spacial score (nSPS) is 11.9. The number of carboxylic acid groups (broad SMARTS) is 1. The lowest BCUT2D eigenvalue weighted by molar-refractivity contribution is -0.137. The first-order valence-corrected chi connectivity index (χ1v) is 6.12. The summed E-state index contributed by atoms with van der Waals surface area (Å²) in [6.07, 6.45) is 1.55. The van der Waals surface area contributed by atoms with E-state index in [2.05, 4.69) is 10.3 Å². The van der Waals surface area contributed by atoms with Gasteiger partial charge in [0.05, 0.1) is 12.8 Å². The van der Waals surface area contributed by atoms with Crippen molar-refractivity contribution < 1.29 is 23.8 Å². The van der Waals surface area contributed by atoms with E-state index in [0.717, 1.165) is 4.90 Å². The Morgan fingerprint density at radius 2 is 2.30 bits per heavy atom. The SMILES string of the molecule is COCCN(CC(=O)O)C(=O)NC(C)c1ncc(C)o1. The second-order valence-electron chi connectivity index (χ2n) is 4.29. The Hall–Kier alpha value is -2.09. The predicted octanol–water partition coefficient (Wildman–Crippen LogP) is 0.787. The number of amides is 2. The van der Waals surface area contributed by atoms with Crippen LogP contribution in [0.3, 0.4) is 0 Å². The molecule has 0 saturated carbocycles. The minimum atomic E-state index is -1.09. The van der Waals surface area contributed by atoms with Gasteiger partial charge < -0.3 is 24.5 Å². The summed E-state index contributed by atoms with van der Waals surface area (Å²) in [5.74, 6) is -0.0726. The van der Waals surface area contributed by atoms with E-state index in [1.165, 1.54) is 7.11 Å². The Bertz CT molecular complexity index is 460. The molecule has 1 rings (SSSR count). The molecule has 0 bridgehead atoms. The van der Waals surface area contributed by atoms with Crippen LogP contribution in [-0.2, 0) is 9.53 Å². The summed E-state index contributed by atoms with van der Waals surface area (Å²) >= 11 is 0. The third kappa shape index (κ3) is 4.88. The van der Waals surface area contributed by atoms with Crippen LogP contribution in [0.25, 0.3) is 0 Å². The molecule has 8 heteroatoms. The molecule has 1 atom stereocenters. The lowest BCUT2D eigenvalue weighted by Gasteiger charge is -2.22. The molecular weight excluding hydrogens is 266 g/mol. The minimum absolute atomic E-state index is 0.186. The number of carbonyl (C=O) groups is 2. The van der Waals surface area contributed by atoms with Crippen molar-refractivity contribution in [2.75, 3.05) is 26.8 Å². The second-order valence-corrected chi connectivity index (χ2v) is 4.29. The summed E-state index contributed by atoms with van der Waals surface area (Å²) in [4.78, 5) is 27.9. The van der Waals surface area contributed by atoms with Crippen molar-refractivity contribution in [3.8, 4) is 0 Å². The summed E-state index contributed by atoms with van der Waals surface area (Å²) in [7, 11) is 1.48. The van der Waals surface area contributed by atoms with Crippen LogP contribution in [-0.4, -0.2) is 53.8 Å². The average Bonchev–Trinajstić information content (AvgIpc) is 2.80. The number of aryl methyl sites for hydroxylation is 1. The molecule has 0 aliphatic heterocycles. The Morgan fingerprint density at radius 1 is 1.60 bits per heavy atom. The number of hydrogen-bond acceptors (Lipinski definition) is 5. The van der Waals surface area contributed by atoms with E-state index in [1.807, 2.05) is 0 Å². The maximum atomic E-state index is 12.0. The maximum Gasteiger partial charge on any atom is 0.323 e. The van der Waals surface area contributed by atoms with Gasteiger partial charge in [0.15, 0.2) is 0 Å². The van der Waals surface area contributed by atoms with E-state index in [4.69, 9.17) is 14.3 Å². The zero-order valence-electron chi connectivity index (χ0n) is 11.8. The van der Waals surface area contributed by atoms with Crippen LogP contribution < -0.4 is 5.32 Å². The number of methoxy groups -OCH3 is 1. The number of carbonyl (C=O) groups excluding carboxylic acids is 1. The molecule has 1 unspecified atom stereocenters. The number of aliphatic carboxylic acids is 1. The predicted molar refractivity (Wildman–Crippen MR) is 69.3 cm³/mol. The van der Waals surface area contributed by atoms with Crippen molar-refractivity contribution in [3.63, 3.8) is 0 Å². The molecule has 0 aliphatic rings. The minimum Gasteiger partial charge on any atom is -0.480 e. The van der Waals surface area contributed by atoms with Gasteiger partial charge in [-0.15, -0.1) is 0 Å². The van der Waals surface area contributed by atoms with Gasteiger partial charge in [0.1, 0.15) is 18.3 Å². The number of carboxylic acids is 1. The molecule has 2 N–H and O–H groups in total. The van der Waals surface area contributed by atoms with Gasteiger partial charge >= 0.3 is 12.0 Å². The highest BCUT2D eigenvalue weighted by Gasteiger charge is 2.20. The van der Waals surface area contributed by atoms with Gasteiger partial charge in [-0.3, -0.25) is 4.79 Å². The molecule has 0 aliphatic carbocycles. The number of oxazole rings is 1. The smallest absolute Gasteiger partial charge is 0.323 e. The van der Waals surface area contributed by atoms with E-state index in [9.17, 15) is 9.59 Å². The van der Waals surface area contributed by atoms with Crippen molar-refractivity contribution in [2.45, 2.75) is 19.9 Å². The molecule has 1 aromatic rings. The molecule has 1 heterocycles. The number of hydrogen-bond donors (Lipinski definition) is 2. The molecular formula is C12H19N3O5. The first-order chi connectivity index (χ1) is 9.43. The van der Waals surface area contributed by atoms with Crippen molar-refractivity contribution >= 4 is 12.0 Å². The van der Waals surface area contributed by atoms with E-state index in [0.29, 0.717) is 11.7 Å².